The number of hydrogen-bond acceptors (Lipinski definition) is 8. The predicted octanol–water partition coefficient (Wildman–Crippen LogP) is 3.70. The third-order valence-corrected chi connectivity index (χ3v) is 4.10. The predicted molar refractivity (Wildman–Crippen MR) is 97.7 cm³/mol. The average Bonchev–Trinajstić information content (AvgIpc) is 2.77. The number of allylic oxidation sites excluding steroid dienone is 1. The van der Waals surface area contributed by atoms with Gasteiger partial charge in [0.2, 0.25) is 0 Å². The molecule has 2 aromatic carbocycles. The third-order valence-electron chi connectivity index (χ3n) is 4.10. The lowest BCUT2D eigenvalue weighted by Crippen LogP contribution is -2.08. The van der Waals surface area contributed by atoms with Gasteiger partial charge >= 0.3 is 5.69 Å². The lowest BCUT2D eigenvalue weighted by molar-refractivity contribution is -0.393. The smallest absolute Gasteiger partial charge is 0.301 e. The first-order valence-electron chi connectivity index (χ1n) is 7.84. The van der Waals surface area contributed by atoms with Gasteiger partial charge in [-0.1, -0.05) is 24.3 Å². The molecule has 2 aromatic rings. The molecule has 0 spiro atoms. The molecule has 0 heterocycles. The zero-order valence-corrected chi connectivity index (χ0v) is 13.8. The summed E-state index contributed by atoms with van der Waals surface area (Å²) in [4.78, 5) is 20.4. The van der Waals surface area contributed by atoms with E-state index < -0.39 is 27.0 Å². The molecule has 0 radical (unpaired) electrons. The summed E-state index contributed by atoms with van der Waals surface area (Å²) in [6.45, 7) is 0. The van der Waals surface area contributed by atoms with Gasteiger partial charge in [0.15, 0.2) is 11.5 Å². The monoisotopic (exact) mass is 370 g/mol. The molecule has 138 valence electrons. The van der Waals surface area contributed by atoms with Crippen LogP contribution >= 0.6 is 0 Å². The van der Waals surface area contributed by atoms with Crippen LogP contribution in [0.25, 0.3) is 5.76 Å². The Morgan fingerprint density at radius 1 is 0.963 bits per heavy atom. The third kappa shape index (κ3) is 3.54. The van der Waals surface area contributed by atoms with E-state index in [1.54, 1.807) is 12.1 Å². The first kappa shape index (κ1) is 17.9. The van der Waals surface area contributed by atoms with E-state index in [2.05, 4.69) is 10.5 Å². The number of aliphatic hydroxyl groups excluding tert-OH is 2. The van der Waals surface area contributed by atoms with Crippen LogP contribution in [0.4, 0.5) is 17.1 Å². The highest BCUT2D eigenvalue weighted by atomic mass is 16.6. The summed E-state index contributed by atoms with van der Waals surface area (Å²) < 4.78 is 0. The van der Waals surface area contributed by atoms with E-state index in [0.717, 1.165) is 23.8 Å². The fourth-order valence-electron chi connectivity index (χ4n) is 2.72. The minimum Gasteiger partial charge on any atom is -0.504 e. The van der Waals surface area contributed by atoms with Crippen molar-refractivity contribution in [3.63, 3.8) is 0 Å². The largest absolute Gasteiger partial charge is 0.504 e. The Hall–Kier alpha value is -3.95. The van der Waals surface area contributed by atoms with Crippen LogP contribution in [0, 0.1) is 20.2 Å². The maximum atomic E-state index is 11.2. The number of non-ortho nitro benzene ring substituents is 1. The van der Waals surface area contributed by atoms with Gasteiger partial charge in [-0.05, 0) is 24.5 Å². The second kappa shape index (κ2) is 7.12. The van der Waals surface area contributed by atoms with Crippen LogP contribution in [0.2, 0.25) is 0 Å². The number of nitrogens with zero attached hydrogens (tertiary/aromatic N) is 3. The molecular weight excluding hydrogens is 356 g/mol. The molecule has 3 rings (SSSR count). The Balaban J connectivity index is 1.94. The van der Waals surface area contributed by atoms with Gasteiger partial charge in [0.25, 0.3) is 5.69 Å². The Kier molecular flexibility index (Phi) is 4.71. The number of rotatable bonds is 4. The molecule has 0 amide bonds. The number of benzene rings is 2. The number of nitro benzene ring substituents is 2. The van der Waals surface area contributed by atoms with Gasteiger partial charge < -0.3 is 10.2 Å². The molecule has 10 heteroatoms. The van der Waals surface area contributed by atoms with Gasteiger partial charge in [-0.15, -0.1) is 0 Å². The number of hydrogen-bond donors (Lipinski definition) is 3. The van der Waals surface area contributed by atoms with Gasteiger partial charge in [0.1, 0.15) is 11.4 Å². The first-order chi connectivity index (χ1) is 12.9. The molecule has 1 aliphatic rings. The number of aliphatic hydroxyl groups is 2. The summed E-state index contributed by atoms with van der Waals surface area (Å²) in [7, 11) is 0. The fraction of sp³-hybridized carbons (Fsp3) is 0.118. The molecule has 0 saturated heterocycles. The van der Waals surface area contributed by atoms with E-state index in [-0.39, 0.29) is 23.6 Å². The van der Waals surface area contributed by atoms with Crippen molar-refractivity contribution in [2.45, 2.75) is 12.8 Å². The molecule has 0 unspecified atom stereocenters. The molecule has 3 N–H and O–H groups in total. The summed E-state index contributed by atoms with van der Waals surface area (Å²) in [5.74, 6) is -0.765. The highest BCUT2D eigenvalue weighted by Crippen LogP contribution is 2.30. The molecule has 10 nitrogen and oxygen atoms in total. The summed E-state index contributed by atoms with van der Waals surface area (Å²) in [6.07, 6.45) is 0.772. The maximum Gasteiger partial charge on any atom is 0.301 e. The molecular formula is C17H14N4O6. The number of hydrazone groups is 1. The number of fused-ring (bicyclic) bond motifs is 1. The zero-order chi connectivity index (χ0) is 19.6. The van der Waals surface area contributed by atoms with Gasteiger partial charge in [-0.3, -0.25) is 25.7 Å². The second-order valence-electron chi connectivity index (χ2n) is 5.74. The van der Waals surface area contributed by atoms with E-state index in [1.807, 2.05) is 12.1 Å². The van der Waals surface area contributed by atoms with Crippen LogP contribution in [0.5, 0.6) is 0 Å². The maximum absolute atomic E-state index is 11.2. The van der Waals surface area contributed by atoms with Crippen molar-refractivity contribution in [3.05, 3.63) is 79.6 Å². The van der Waals surface area contributed by atoms with Crippen LogP contribution in [0.3, 0.4) is 0 Å². The van der Waals surface area contributed by atoms with Crippen LogP contribution < -0.4 is 5.43 Å². The highest BCUT2D eigenvalue weighted by molar-refractivity contribution is 6.04. The fourth-order valence-corrected chi connectivity index (χ4v) is 2.72. The number of nitrogens with one attached hydrogen (secondary N) is 1. The molecule has 1 aliphatic carbocycles. The van der Waals surface area contributed by atoms with Crippen molar-refractivity contribution in [2.24, 2.45) is 5.10 Å². The highest BCUT2D eigenvalue weighted by Gasteiger charge is 2.22. The van der Waals surface area contributed by atoms with E-state index in [9.17, 15) is 30.4 Å². The van der Waals surface area contributed by atoms with Crippen LogP contribution in [-0.4, -0.2) is 25.8 Å². The van der Waals surface area contributed by atoms with Gasteiger partial charge in [-0.2, -0.15) is 5.10 Å². The number of aryl methyl sites for hydroxylation is 1. The van der Waals surface area contributed by atoms with Crippen molar-refractivity contribution in [1.29, 1.82) is 0 Å². The van der Waals surface area contributed by atoms with Crippen LogP contribution in [0.1, 0.15) is 17.5 Å². The Morgan fingerprint density at radius 2 is 1.70 bits per heavy atom. The Morgan fingerprint density at radius 3 is 2.41 bits per heavy atom. The van der Waals surface area contributed by atoms with E-state index in [1.165, 1.54) is 0 Å². The molecule has 0 fully saturated rings. The average molecular weight is 370 g/mol. The van der Waals surface area contributed by atoms with Gasteiger partial charge in [0.05, 0.1) is 15.9 Å². The van der Waals surface area contributed by atoms with Crippen molar-refractivity contribution in [2.75, 3.05) is 5.43 Å². The molecule has 0 atom stereocenters. The molecule has 27 heavy (non-hydrogen) atoms. The minimum atomic E-state index is -0.772. The topological polar surface area (TPSA) is 151 Å². The van der Waals surface area contributed by atoms with Crippen molar-refractivity contribution in [1.82, 2.24) is 0 Å². The van der Waals surface area contributed by atoms with Gasteiger partial charge in [-0.25, -0.2) is 0 Å². The van der Waals surface area contributed by atoms with E-state index in [4.69, 9.17) is 0 Å². The zero-order valence-electron chi connectivity index (χ0n) is 13.8. The quantitative estimate of drug-likeness (QED) is 0.548. The van der Waals surface area contributed by atoms with Gasteiger partial charge in [0, 0.05) is 11.6 Å². The molecule has 0 bridgehead atoms. The van der Waals surface area contributed by atoms with Crippen molar-refractivity contribution >= 4 is 28.5 Å². The molecule has 0 saturated carbocycles. The minimum absolute atomic E-state index is 0.0767. The molecule has 0 aliphatic heterocycles. The number of nitro groups is 2. The lowest BCUT2D eigenvalue weighted by atomic mass is 10.0. The summed E-state index contributed by atoms with van der Waals surface area (Å²) in [5.41, 5.74) is 2.84. The van der Waals surface area contributed by atoms with Crippen molar-refractivity contribution in [3.8, 4) is 0 Å². The Bertz CT molecular complexity index is 999. The van der Waals surface area contributed by atoms with Crippen LogP contribution in [0.15, 0.2) is 53.3 Å². The normalized spacial score (nSPS) is 15.2. The van der Waals surface area contributed by atoms with Crippen LogP contribution in [-0.2, 0) is 6.42 Å². The summed E-state index contributed by atoms with van der Waals surface area (Å²) in [6, 6.07) is 10.1. The SMILES string of the molecule is O=[N+]([O-])c1ccc(NN=C2CCc3ccccc3C(O)=C2O)c([N+](=O)[O-])c1. The van der Waals surface area contributed by atoms with E-state index >= 15 is 0 Å². The number of anilines is 1. The second-order valence-corrected chi connectivity index (χ2v) is 5.74. The Labute approximate surface area is 152 Å². The standard InChI is InChI=1S/C17H14N4O6/c22-16-12-4-2-1-3-10(12)5-7-14(17(16)23)19-18-13-8-6-11(20(24)25)9-15(13)21(26)27/h1-4,6,8-9,18,22-23H,5,7H2. The summed E-state index contributed by atoms with van der Waals surface area (Å²) in [5, 5.41) is 46.4. The summed E-state index contributed by atoms with van der Waals surface area (Å²) >= 11 is 0. The van der Waals surface area contributed by atoms with Crippen molar-refractivity contribution < 1.29 is 20.1 Å². The molecule has 0 aromatic heterocycles. The first-order valence-corrected chi connectivity index (χ1v) is 7.84. The lowest BCUT2D eigenvalue weighted by Gasteiger charge is -2.06. The van der Waals surface area contributed by atoms with E-state index in [0.29, 0.717) is 12.0 Å².